The molecular weight excluding hydrogens is 382 g/mol. The van der Waals surface area contributed by atoms with Crippen LogP contribution in [0.25, 0.3) is 0 Å². The molecule has 0 aliphatic carbocycles. The maximum Gasteiger partial charge on any atom is 0.407 e. The van der Waals surface area contributed by atoms with Crippen molar-refractivity contribution in [3.8, 4) is 5.75 Å². The third-order valence-electron chi connectivity index (χ3n) is 6.00. The van der Waals surface area contributed by atoms with Crippen LogP contribution in [0.1, 0.15) is 46.9 Å². The Hall–Kier alpha value is -3.22. The number of carbonyl (C=O) groups excluding carboxylic acids is 1. The molecule has 0 spiro atoms. The van der Waals surface area contributed by atoms with Crippen molar-refractivity contribution in [3.63, 3.8) is 0 Å². The van der Waals surface area contributed by atoms with E-state index in [0.717, 1.165) is 29.0 Å². The van der Waals surface area contributed by atoms with E-state index in [2.05, 4.69) is 5.32 Å². The summed E-state index contributed by atoms with van der Waals surface area (Å²) in [5, 5.41) is 13.4. The van der Waals surface area contributed by atoms with Gasteiger partial charge in [0.15, 0.2) is 0 Å². The van der Waals surface area contributed by atoms with Crippen molar-refractivity contribution in [1.29, 1.82) is 0 Å². The number of likely N-dealkylation sites (tertiary alicyclic amines) is 1. The van der Waals surface area contributed by atoms with Crippen LogP contribution in [0, 0.1) is 5.92 Å². The Labute approximate surface area is 176 Å². The average Bonchev–Trinajstić information content (AvgIpc) is 3.19. The van der Waals surface area contributed by atoms with Gasteiger partial charge in [0.2, 0.25) is 0 Å². The molecule has 1 saturated heterocycles. The van der Waals surface area contributed by atoms with Gasteiger partial charge < -0.3 is 25.0 Å². The molecule has 1 fully saturated rings. The van der Waals surface area contributed by atoms with Gasteiger partial charge in [0.05, 0.1) is 18.7 Å². The SMILES string of the molecule is CCOc1ccc(C2Nc3ccc(C(=O)N(C)C)cc3C3C2CCN3C(=O)O)cc1. The first-order chi connectivity index (χ1) is 14.4. The lowest BCUT2D eigenvalue weighted by Gasteiger charge is -2.39. The van der Waals surface area contributed by atoms with E-state index in [1.165, 1.54) is 9.80 Å². The predicted molar refractivity (Wildman–Crippen MR) is 114 cm³/mol. The van der Waals surface area contributed by atoms with E-state index < -0.39 is 6.09 Å². The van der Waals surface area contributed by atoms with Crippen molar-refractivity contribution < 1.29 is 19.4 Å². The monoisotopic (exact) mass is 409 g/mol. The van der Waals surface area contributed by atoms with Gasteiger partial charge >= 0.3 is 6.09 Å². The van der Waals surface area contributed by atoms with Crippen LogP contribution in [-0.2, 0) is 0 Å². The van der Waals surface area contributed by atoms with Gasteiger partial charge in [-0.15, -0.1) is 0 Å². The highest BCUT2D eigenvalue weighted by molar-refractivity contribution is 5.94. The highest BCUT2D eigenvalue weighted by atomic mass is 16.5. The number of fused-ring (bicyclic) bond motifs is 3. The summed E-state index contributed by atoms with van der Waals surface area (Å²) >= 11 is 0. The minimum Gasteiger partial charge on any atom is -0.494 e. The van der Waals surface area contributed by atoms with Gasteiger partial charge in [-0.1, -0.05) is 12.1 Å². The quantitative estimate of drug-likeness (QED) is 0.798. The van der Waals surface area contributed by atoms with Crippen LogP contribution >= 0.6 is 0 Å². The molecular formula is C23H27N3O4. The van der Waals surface area contributed by atoms with Crippen molar-refractivity contribution in [2.45, 2.75) is 25.4 Å². The van der Waals surface area contributed by atoms with Crippen molar-refractivity contribution in [3.05, 3.63) is 59.2 Å². The maximum absolute atomic E-state index is 12.5. The summed E-state index contributed by atoms with van der Waals surface area (Å²) in [5.41, 5.74) is 3.41. The highest BCUT2D eigenvalue weighted by Crippen LogP contribution is 2.51. The standard InChI is InChI=1S/C23H27N3O4/c1-4-30-16-8-5-14(6-9-16)20-17-11-12-26(23(28)29)21(17)18-13-15(22(27)25(2)3)7-10-19(18)24-20/h5-10,13,17,20-21,24H,4,11-12H2,1-3H3,(H,28,29). The average molecular weight is 409 g/mol. The molecule has 7 heteroatoms. The fraction of sp³-hybridized carbons (Fsp3) is 0.391. The minimum absolute atomic E-state index is 0.0158. The number of anilines is 1. The lowest BCUT2D eigenvalue weighted by Crippen LogP contribution is -2.37. The normalized spacial score (nSPS) is 22.0. The van der Waals surface area contributed by atoms with Gasteiger partial charge in [0.25, 0.3) is 5.91 Å². The van der Waals surface area contributed by atoms with Crippen molar-refractivity contribution in [1.82, 2.24) is 9.80 Å². The second kappa shape index (κ2) is 7.89. The van der Waals surface area contributed by atoms with E-state index in [4.69, 9.17) is 4.74 Å². The molecule has 0 saturated carbocycles. The summed E-state index contributed by atoms with van der Waals surface area (Å²) in [6, 6.07) is 13.2. The van der Waals surface area contributed by atoms with E-state index >= 15 is 0 Å². The summed E-state index contributed by atoms with van der Waals surface area (Å²) in [5.74, 6) is 0.804. The molecule has 2 heterocycles. The molecule has 2 aliphatic rings. The molecule has 2 aromatic rings. The first-order valence-corrected chi connectivity index (χ1v) is 10.2. The zero-order chi connectivity index (χ0) is 21.4. The summed E-state index contributed by atoms with van der Waals surface area (Å²) in [7, 11) is 3.42. The van der Waals surface area contributed by atoms with Gasteiger partial charge in [-0.25, -0.2) is 4.79 Å². The lowest BCUT2D eigenvalue weighted by atomic mass is 9.79. The zero-order valence-electron chi connectivity index (χ0n) is 17.5. The fourth-order valence-electron chi connectivity index (χ4n) is 4.65. The first-order valence-electron chi connectivity index (χ1n) is 10.2. The Morgan fingerprint density at radius 3 is 2.57 bits per heavy atom. The number of hydrogen-bond acceptors (Lipinski definition) is 4. The predicted octanol–water partition coefficient (Wildman–Crippen LogP) is 3.99. The van der Waals surface area contributed by atoms with E-state index in [-0.39, 0.29) is 23.9 Å². The van der Waals surface area contributed by atoms with Gasteiger partial charge in [-0.05, 0) is 54.8 Å². The molecule has 0 aromatic heterocycles. The van der Waals surface area contributed by atoms with Crippen molar-refractivity contribution >= 4 is 17.7 Å². The summed E-state index contributed by atoms with van der Waals surface area (Å²) in [6.07, 6.45) is -0.169. The van der Waals surface area contributed by atoms with Gasteiger partial charge in [-0.2, -0.15) is 0 Å². The zero-order valence-corrected chi connectivity index (χ0v) is 17.5. The molecule has 30 heavy (non-hydrogen) atoms. The molecule has 7 nitrogen and oxygen atoms in total. The van der Waals surface area contributed by atoms with Crippen LogP contribution in [0.5, 0.6) is 5.75 Å². The number of carboxylic acid groups (broad SMARTS) is 1. The van der Waals surface area contributed by atoms with Gasteiger partial charge in [-0.3, -0.25) is 4.79 Å². The number of hydrogen-bond donors (Lipinski definition) is 2. The van der Waals surface area contributed by atoms with E-state index in [1.54, 1.807) is 20.2 Å². The van der Waals surface area contributed by atoms with Crippen LogP contribution in [0.4, 0.5) is 10.5 Å². The van der Waals surface area contributed by atoms with Gasteiger partial charge in [0.1, 0.15) is 5.75 Å². The second-order valence-corrected chi connectivity index (χ2v) is 8.00. The van der Waals surface area contributed by atoms with Crippen molar-refractivity contribution in [2.24, 2.45) is 5.92 Å². The van der Waals surface area contributed by atoms with Gasteiger partial charge in [0, 0.05) is 37.8 Å². The Bertz CT molecular complexity index is 957. The number of carbonyl (C=O) groups is 2. The highest BCUT2D eigenvalue weighted by Gasteiger charge is 2.46. The Morgan fingerprint density at radius 2 is 1.93 bits per heavy atom. The molecule has 3 unspecified atom stereocenters. The molecule has 2 aromatic carbocycles. The second-order valence-electron chi connectivity index (χ2n) is 8.00. The Kier molecular flexibility index (Phi) is 5.28. The number of ether oxygens (including phenoxy) is 1. The molecule has 2 aliphatic heterocycles. The van der Waals surface area contributed by atoms with E-state index in [9.17, 15) is 14.7 Å². The topological polar surface area (TPSA) is 82.1 Å². The van der Waals surface area contributed by atoms with Crippen LogP contribution in [0.2, 0.25) is 0 Å². The van der Waals surface area contributed by atoms with Crippen LogP contribution in [-0.4, -0.2) is 54.2 Å². The van der Waals surface area contributed by atoms with Crippen molar-refractivity contribution in [2.75, 3.05) is 32.6 Å². The third-order valence-corrected chi connectivity index (χ3v) is 6.00. The minimum atomic E-state index is -0.926. The van der Waals surface area contributed by atoms with Crippen LogP contribution < -0.4 is 10.1 Å². The van der Waals surface area contributed by atoms with Crippen LogP contribution in [0.15, 0.2) is 42.5 Å². The maximum atomic E-state index is 12.5. The number of rotatable bonds is 4. The molecule has 0 bridgehead atoms. The largest absolute Gasteiger partial charge is 0.494 e. The molecule has 2 N–H and O–H groups in total. The van der Waals surface area contributed by atoms with Crippen LogP contribution in [0.3, 0.4) is 0 Å². The molecule has 0 radical (unpaired) electrons. The first kappa shape index (κ1) is 20.1. The number of nitrogens with one attached hydrogen (secondary N) is 1. The molecule has 158 valence electrons. The molecule has 2 amide bonds. The van der Waals surface area contributed by atoms with E-state index in [1.807, 2.05) is 43.3 Å². The summed E-state index contributed by atoms with van der Waals surface area (Å²) in [4.78, 5) is 27.5. The summed E-state index contributed by atoms with van der Waals surface area (Å²) in [6.45, 7) is 3.04. The molecule has 4 rings (SSSR count). The fourth-order valence-corrected chi connectivity index (χ4v) is 4.65. The lowest BCUT2D eigenvalue weighted by molar-refractivity contribution is 0.0827. The Balaban J connectivity index is 1.74. The molecule has 3 atom stereocenters. The number of benzene rings is 2. The third kappa shape index (κ3) is 3.44. The number of amides is 2. The summed E-state index contributed by atoms with van der Waals surface area (Å²) < 4.78 is 5.55. The Morgan fingerprint density at radius 1 is 1.20 bits per heavy atom. The smallest absolute Gasteiger partial charge is 0.407 e. The number of nitrogens with zero attached hydrogens (tertiary/aromatic N) is 2. The van der Waals surface area contributed by atoms with E-state index in [0.29, 0.717) is 18.7 Å².